The van der Waals surface area contributed by atoms with Gasteiger partial charge in [0.2, 0.25) is 5.91 Å². The van der Waals surface area contributed by atoms with E-state index in [-0.39, 0.29) is 12.0 Å². The molecule has 0 unspecified atom stereocenters. The molecule has 3 aromatic rings. The van der Waals surface area contributed by atoms with Gasteiger partial charge in [-0.2, -0.15) is 0 Å². The molecular weight excluding hydrogens is 354 g/mol. The maximum absolute atomic E-state index is 12.2. The van der Waals surface area contributed by atoms with Crippen LogP contribution in [0.5, 0.6) is 0 Å². The number of para-hydroxylation sites is 1. The minimum absolute atomic E-state index is 0.0253. The van der Waals surface area contributed by atoms with Crippen molar-refractivity contribution in [2.24, 2.45) is 0 Å². The number of amides is 1. The lowest BCUT2D eigenvalue weighted by atomic mass is 10.1. The largest absolute Gasteiger partial charge is 0.372 e. The highest BCUT2D eigenvalue weighted by molar-refractivity contribution is 7.22. The molecule has 1 aliphatic rings. The topological polar surface area (TPSA) is 63.2 Å². The summed E-state index contributed by atoms with van der Waals surface area (Å²) in [4.78, 5) is 17.9. The third kappa shape index (κ3) is 3.84. The van der Waals surface area contributed by atoms with Crippen LogP contribution in [0.4, 0.5) is 5.13 Å². The van der Waals surface area contributed by atoms with Crippen molar-refractivity contribution in [3.63, 3.8) is 0 Å². The first-order chi connectivity index (χ1) is 12.3. The van der Waals surface area contributed by atoms with Crippen LogP contribution in [-0.2, 0) is 16.0 Å². The second-order valence-corrected chi connectivity index (χ2v) is 7.87. The molecule has 4 rings (SSSR count). The van der Waals surface area contributed by atoms with Gasteiger partial charge >= 0.3 is 0 Å². The van der Waals surface area contributed by atoms with Crippen molar-refractivity contribution >= 4 is 43.9 Å². The minimum Gasteiger partial charge on any atom is -0.372 e. The molecule has 3 heterocycles. The van der Waals surface area contributed by atoms with E-state index in [0.717, 1.165) is 21.8 Å². The molecule has 5 nitrogen and oxygen atoms in total. The first kappa shape index (κ1) is 16.5. The lowest BCUT2D eigenvalue weighted by molar-refractivity contribution is -0.124. The van der Waals surface area contributed by atoms with E-state index < -0.39 is 0 Å². The van der Waals surface area contributed by atoms with E-state index in [9.17, 15) is 4.79 Å². The molecule has 0 fully saturated rings. The monoisotopic (exact) mass is 373 g/mol. The summed E-state index contributed by atoms with van der Waals surface area (Å²) in [7, 11) is 0. The number of ether oxygens (including phenoxy) is 1. The Kier molecular flexibility index (Phi) is 4.96. The summed E-state index contributed by atoms with van der Waals surface area (Å²) in [5.74, 6) is 0.0253. The summed E-state index contributed by atoms with van der Waals surface area (Å²) in [5, 5.41) is 9.18. The van der Waals surface area contributed by atoms with Crippen molar-refractivity contribution in [3.8, 4) is 0 Å². The number of fused-ring (bicyclic) bond motifs is 2. The number of benzene rings is 1. The van der Waals surface area contributed by atoms with E-state index in [1.807, 2.05) is 18.2 Å². The van der Waals surface area contributed by atoms with Gasteiger partial charge in [0.15, 0.2) is 5.13 Å². The zero-order valence-electron chi connectivity index (χ0n) is 13.7. The molecule has 0 spiro atoms. The predicted molar refractivity (Wildman–Crippen MR) is 102 cm³/mol. The van der Waals surface area contributed by atoms with Crippen LogP contribution in [0.2, 0.25) is 0 Å². The number of anilines is 1. The molecule has 7 heteroatoms. The molecule has 0 radical (unpaired) electrons. The van der Waals surface area contributed by atoms with Crippen molar-refractivity contribution in [1.82, 2.24) is 10.3 Å². The van der Waals surface area contributed by atoms with Gasteiger partial charge in [-0.25, -0.2) is 4.98 Å². The van der Waals surface area contributed by atoms with E-state index in [4.69, 9.17) is 4.74 Å². The number of carbonyl (C=O) groups is 1. The van der Waals surface area contributed by atoms with Gasteiger partial charge in [0.1, 0.15) is 6.10 Å². The highest BCUT2D eigenvalue weighted by Crippen LogP contribution is 2.33. The van der Waals surface area contributed by atoms with E-state index in [1.165, 1.54) is 10.4 Å². The Labute approximate surface area is 154 Å². The first-order valence-electron chi connectivity index (χ1n) is 8.33. The number of rotatable bonds is 6. The molecule has 1 atom stereocenters. The molecule has 2 aromatic heterocycles. The molecule has 1 aromatic carbocycles. The smallest absolute Gasteiger partial charge is 0.223 e. The fraction of sp³-hybridized carbons (Fsp3) is 0.333. The fourth-order valence-electron chi connectivity index (χ4n) is 2.93. The first-order valence-corrected chi connectivity index (χ1v) is 10.0. The SMILES string of the molecule is O=C(C[C@@H]1OCCc2ccsc21)NCCNc1nc2ccccc2s1. The van der Waals surface area contributed by atoms with E-state index in [2.05, 4.69) is 33.1 Å². The Balaban J connectivity index is 1.23. The Bertz CT molecular complexity index is 841. The summed E-state index contributed by atoms with van der Waals surface area (Å²) < 4.78 is 6.93. The summed E-state index contributed by atoms with van der Waals surface area (Å²) in [5.41, 5.74) is 2.33. The molecular formula is C18H19N3O2S2. The van der Waals surface area contributed by atoms with Gasteiger partial charge in [-0.1, -0.05) is 23.5 Å². The van der Waals surface area contributed by atoms with Gasteiger partial charge in [0.25, 0.3) is 0 Å². The van der Waals surface area contributed by atoms with Crippen LogP contribution in [0.3, 0.4) is 0 Å². The van der Waals surface area contributed by atoms with Crippen LogP contribution in [0.15, 0.2) is 35.7 Å². The zero-order chi connectivity index (χ0) is 17.1. The number of hydrogen-bond donors (Lipinski definition) is 2. The average Bonchev–Trinajstić information content (AvgIpc) is 3.25. The van der Waals surface area contributed by atoms with Gasteiger partial charge in [0.05, 0.1) is 23.2 Å². The molecule has 1 amide bonds. The maximum atomic E-state index is 12.2. The molecule has 0 saturated carbocycles. The van der Waals surface area contributed by atoms with Gasteiger partial charge in [-0.3, -0.25) is 4.79 Å². The minimum atomic E-state index is -0.0963. The number of nitrogens with one attached hydrogen (secondary N) is 2. The number of thiazole rings is 1. The van der Waals surface area contributed by atoms with Crippen molar-refractivity contribution in [2.45, 2.75) is 18.9 Å². The number of nitrogens with zero attached hydrogens (tertiary/aromatic N) is 1. The summed E-state index contributed by atoms with van der Waals surface area (Å²) in [6.07, 6.45) is 1.23. The lowest BCUT2D eigenvalue weighted by Gasteiger charge is -2.22. The number of thiophene rings is 1. The normalized spacial score (nSPS) is 16.6. The summed E-state index contributed by atoms with van der Waals surface area (Å²) in [6, 6.07) is 10.2. The average molecular weight is 374 g/mol. The Hall–Kier alpha value is -1.96. The molecule has 130 valence electrons. The third-order valence-electron chi connectivity index (χ3n) is 4.15. The Morgan fingerprint density at radius 1 is 1.28 bits per heavy atom. The van der Waals surface area contributed by atoms with Crippen LogP contribution >= 0.6 is 22.7 Å². The third-order valence-corrected chi connectivity index (χ3v) is 6.20. The van der Waals surface area contributed by atoms with Crippen LogP contribution < -0.4 is 10.6 Å². The van der Waals surface area contributed by atoms with E-state index in [1.54, 1.807) is 22.7 Å². The highest BCUT2D eigenvalue weighted by Gasteiger charge is 2.24. The van der Waals surface area contributed by atoms with Crippen molar-refractivity contribution in [2.75, 3.05) is 25.0 Å². The van der Waals surface area contributed by atoms with Gasteiger partial charge in [0, 0.05) is 18.0 Å². The standard InChI is InChI=1S/C18H19N3O2S2/c22-16(11-14-17-12(5-9-23-14)6-10-24-17)19-7-8-20-18-21-13-3-1-2-4-15(13)25-18/h1-4,6,10,14H,5,7-9,11H2,(H,19,22)(H,20,21)/t14-/m0/s1. The second kappa shape index (κ2) is 7.51. The maximum Gasteiger partial charge on any atom is 0.223 e. The molecule has 2 N–H and O–H groups in total. The molecule has 0 aliphatic carbocycles. The van der Waals surface area contributed by atoms with Gasteiger partial charge < -0.3 is 15.4 Å². The molecule has 25 heavy (non-hydrogen) atoms. The quantitative estimate of drug-likeness (QED) is 0.648. The van der Waals surface area contributed by atoms with Crippen molar-refractivity contribution in [1.29, 1.82) is 0 Å². The van der Waals surface area contributed by atoms with Crippen molar-refractivity contribution in [3.05, 3.63) is 46.2 Å². The van der Waals surface area contributed by atoms with Crippen LogP contribution in [0.25, 0.3) is 10.2 Å². The van der Waals surface area contributed by atoms with E-state index in [0.29, 0.717) is 26.1 Å². The lowest BCUT2D eigenvalue weighted by Crippen LogP contribution is -2.31. The Morgan fingerprint density at radius 2 is 2.20 bits per heavy atom. The van der Waals surface area contributed by atoms with Gasteiger partial charge in [-0.05, 0) is 35.6 Å². The van der Waals surface area contributed by atoms with Gasteiger partial charge in [-0.15, -0.1) is 11.3 Å². The molecule has 1 aliphatic heterocycles. The van der Waals surface area contributed by atoms with Crippen LogP contribution in [-0.4, -0.2) is 30.6 Å². The molecule has 0 saturated heterocycles. The van der Waals surface area contributed by atoms with Crippen molar-refractivity contribution < 1.29 is 9.53 Å². The van der Waals surface area contributed by atoms with Crippen LogP contribution in [0, 0.1) is 0 Å². The molecule has 0 bridgehead atoms. The number of carbonyl (C=O) groups excluding carboxylic acids is 1. The number of hydrogen-bond acceptors (Lipinski definition) is 6. The fourth-order valence-corrected chi connectivity index (χ4v) is 4.83. The summed E-state index contributed by atoms with van der Waals surface area (Å²) in [6.45, 7) is 1.92. The van der Waals surface area contributed by atoms with E-state index >= 15 is 0 Å². The predicted octanol–water partition coefficient (Wildman–Crippen LogP) is 3.59. The van der Waals surface area contributed by atoms with Crippen LogP contribution in [0.1, 0.15) is 23.0 Å². The Morgan fingerprint density at radius 3 is 3.12 bits per heavy atom. The highest BCUT2D eigenvalue weighted by atomic mass is 32.1. The summed E-state index contributed by atoms with van der Waals surface area (Å²) >= 11 is 3.30. The zero-order valence-corrected chi connectivity index (χ0v) is 15.3. The number of aromatic nitrogens is 1. The second-order valence-electron chi connectivity index (χ2n) is 5.89.